The number of halogens is 1. The van der Waals surface area contributed by atoms with Crippen molar-refractivity contribution in [1.82, 2.24) is 10.5 Å². The van der Waals surface area contributed by atoms with Crippen LogP contribution in [0.1, 0.15) is 56.9 Å². The Morgan fingerprint density at radius 3 is 2.63 bits per heavy atom. The highest BCUT2D eigenvalue weighted by atomic mass is 35.5. The molecule has 8 nitrogen and oxygen atoms in total. The zero-order valence-electron chi connectivity index (χ0n) is 19.6. The number of hydrogen-bond donors (Lipinski definition) is 3. The second-order valence-electron chi connectivity index (χ2n) is 8.84. The summed E-state index contributed by atoms with van der Waals surface area (Å²) in [6.07, 6.45) is 12.3. The van der Waals surface area contributed by atoms with Crippen molar-refractivity contribution < 1.29 is 19.2 Å². The summed E-state index contributed by atoms with van der Waals surface area (Å²) in [5.41, 5.74) is 4.52. The van der Waals surface area contributed by atoms with Gasteiger partial charge in [-0.25, -0.2) is 15.3 Å². The lowest BCUT2D eigenvalue weighted by Gasteiger charge is -2.21. The SMILES string of the molecule is O=C(/C=C/c1cnc(Nc2cccc(NC(=O)C3CCCCC3)c2)c(Cl)c1)NOC1CCCCO1. The number of nitrogens with zero attached hydrogens (tertiary/aromatic N) is 1. The first-order valence-corrected chi connectivity index (χ1v) is 12.5. The van der Waals surface area contributed by atoms with E-state index in [9.17, 15) is 9.59 Å². The predicted octanol–water partition coefficient (Wildman–Crippen LogP) is 5.59. The Labute approximate surface area is 210 Å². The molecule has 1 aromatic carbocycles. The first-order valence-electron chi connectivity index (χ1n) is 12.2. The number of aromatic nitrogens is 1. The van der Waals surface area contributed by atoms with Crippen LogP contribution in [0.4, 0.5) is 17.2 Å². The number of hydroxylamine groups is 1. The molecule has 2 amide bonds. The van der Waals surface area contributed by atoms with E-state index in [0.717, 1.165) is 56.3 Å². The van der Waals surface area contributed by atoms with Gasteiger partial charge in [-0.2, -0.15) is 0 Å². The number of hydrogen-bond acceptors (Lipinski definition) is 6. The molecule has 0 spiro atoms. The number of anilines is 3. The summed E-state index contributed by atoms with van der Waals surface area (Å²) in [5, 5.41) is 6.60. The number of pyridine rings is 1. The van der Waals surface area contributed by atoms with Crippen molar-refractivity contribution in [1.29, 1.82) is 0 Å². The van der Waals surface area contributed by atoms with Crippen molar-refractivity contribution in [3.63, 3.8) is 0 Å². The van der Waals surface area contributed by atoms with Crippen LogP contribution in [0.15, 0.2) is 42.6 Å². The molecule has 1 atom stereocenters. The second-order valence-corrected chi connectivity index (χ2v) is 9.25. The van der Waals surface area contributed by atoms with Gasteiger partial charge in [0.05, 0.1) is 5.02 Å². The summed E-state index contributed by atoms with van der Waals surface area (Å²) in [5.74, 6) is 0.243. The third kappa shape index (κ3) is 7.78. The van der Waals surface area contributed by atoms with Gasteiger partial charge in [0.2, 0.25) is 5.91 Å². The van der Waals surface area contributed by atoms with Crippen LogP contribution < -0.4 is 16.1 Å². The molecule has 1 aromatic heterocycles. The van der Waals surface area contributed by atoms with Crippen molar-refractivity contribution in [3.8, 4) is 0 Å². The van der Waals surface area contributed by atoms with Gasteiger partial charge in [0.15, 0.2) is 6.29 Å². The fourth-order valence-electron chi connectivity index (χ4n) is 4.19. The number of carbonyl (C=O) groups excluding carboxylic acids is 2. The number of benzene rings is 1. The molecule has 9 heteroatoms. The smallest absolute Gasteiger partial charge is 0.267 e. The van der Waals surface area contributed by atoms with E-state index in [4.69, 9.17) is 21.2 Å². The Morgan fingerprint density at radius 2 is 1.86 bits per heavy atom. The highest BCUT2D eigenvalue weighted by molar-refractivity contribution is 6.33. The Balaban J connectivity index is 1.30. The second kappa shape index (κ2) is 12.7. The number of carbonyl (C=O) groups is 2. The van der Waals surface area contributed by atoms with Crippen LogP contribution in [-0.2, 0) is 19.2 Å². The predicted molar refractivity (Wildman–Crippen MR) is 136 cm³/mol. The molecule has 4 rings (SSSR count). The van der Waals surface area contributed by atoms with Crippen molar-refractivity contribution in [3.05, 3.63) is 53.2 Å². The number of rotatable bonds is 8. The quantitative estimate of drug-likeness (QED) is 0.324. The van der Waals surface area contributed by atoms with E-state index >= 15 is 0 Å². The Morgan fingerprint density at radius 1 is 1.06 bits per heavy atom. The number of nitrogens with one attached hydrogen (secondary N) is 3. The van der Waals surface area contributed by atoms with E-state index < -0.39 is 12.2 Å². The van der Waals surface area contributed by atoms with E-state index in [1.54, 1.807) is 18.3 Å². The van der Waals surface area contributed by atoms with Crippen LogP contribution in [0.25, 0.3) is 6.08 Å². The van der Waals surface area contributed by atoms with Crippen LogP contribution in [0.5, 0.6) is 0 Å². The molecule has 1 saturated heterocycles. The summed E-state index contributed by atoms with van der Waals surface area (Å²) >= 11 is 6.41. The van der Waals surface area contributed by atoms with Gasteiger partial charge in [-0.1, -0.05) is 36.9 Å². The minimum atomic E-state index is -0.401. The Kier molecular flexibility index (Phi) is 9.11. The van der Waals surface area contributed by atoms with E-state index in [2.05, 4.69) is 21.1 Å². The average molecular weight is 499 g/mol. The highest BCUT2D eigenvalue weighted by Crippen LogP contribution is 2.28. The van der Waals surface area contributed by atoms with Gasteiger partial charge >= 0.3 is 0 Å². The molecule has 1 aliphatic carbocycles. The number of ether oxygens (including phenoxy) is 1. The van der Waals surface area contributed by atoms with Crippen LogP contribution in [0.3, 0.4) is 0 Å². The Bertz CT molecular complexity index is 1050. The zero-order chi connectivity index (χ0) is 24.5. The van der Waals surface area contributed by atoms with Gasteiger partial charge in [0, 0.05) is 42.6 Å². The van der Waals surface area contributed by atoms with Crippen LogP contribution in [-0.4, -0.2) is 29.7 Å². The highest BCUT2D eigenvalue weighted by Gasteiger charge is 2.21. The third-order valence-corrected chi connectivity index (χ3v) is 6.38. The van der Waals surface area contributed by atoms with Gasteiger partial charge in [0.25, 0.3) is 5.91 Å². The fraction of sp³-hybridized carbons (Fsp3) is 0.423. The number of amides is 2. The normalized spacial score (nSPS) is 18.8. The lowest BCUT2D eigenvalue weighted by Crippen LogP contribution is -2.32. The molecule has 2 fully saturated rings. The first kappa shape index (κ1) is 25.2. The Hall–Kier alpha value is -2.94. The van der Waals surface area contributed by atoms with Crippen molar-refractivity contribution in [2.75, 3.05) is 17.2 Å². The maximum Gasteiger partial charge on any atom is 0.267 e. The van der Waals surface area contributed by atoms with E-state index in [1.165, 1.54) is 12.5 Å². The third-order valence-electron chi connectivity index (χ3n) is 6.09. The molecule has 2 aromatic rings. The lowest BCUT2D eigenvalue weighted by atomic mass is 9.88. The summed E-state index contributed by atoms with van der Waals surface area (Å²) in [6.45, 7) is 0.639. The molecule has 3 N–H and O–H groups in total. The molecular formula is C26H31ClN4O4. The molecule has 1 unspecified atom stereocenters. The van der Waals surface area contributed by atoms with Gasteiger partial charge in [-0.3, -0.25) is 9.59 Å². The van der Waals surface area contributed by atoms with Gasteiger partial charge in [-0.15, -0.1) is 0 Å². The molecule has 2 aliphatic rings. The van der Waals surface area contributed by atoms with E-state index in [-0.39, 0.29) is 11.8 Å². The fourth-order valence-corrected chi connectivity index (χ4v) is 4.41. The minimum absolute atomic E-state index is 0.0786. The molecule has 0 bridgehead atoms. The van der Waals surface area contributed by atoms with Crippen LogP contribution >= 0.6 is 11.6 Å². The largest absolute Gasteiger partial charge is 0.350 e. The maximum atomic E-state index is 12.5. The van der Waals surface area contributed by atoms with Crippen molar-refractivity contribution in [2.45, 2.75) is 57.7 Å². The molecule has 35 heavy (non-hydrogen) atoms. The van der Waals surface area contributed by atoms with E-state index in [0.29, 0.717) is 23.0 Å². The van der Waals surface area contributed by atoms with Gasteiger partial charge < -0.3 is 15.4 Å². The molecule has 2 heterocycles. The standard InChI is InChI=1S/C26H31ClN4O4/c27-22-15-18(12-13-23(32)31-35-24-11-4-5-14-34-24)17-28-25(22)29-20-9-6-10-21(16-20)30-26(33)19-7-2-1-3-8-19/h6,9-10,12-13,15-17,19,24H,1-5,7-8,11,14H2,(H,28,29)(H,30,33)(H,31,32)/b13-12+. The van der Waals surface area contributed by atoms with Crippen LogP contribution in [0.2, 0.25) is 5.02 Å². The zero-order valence-corrected chi connectivity index (χ0v) is 20.4. The van der Waals surface area contributed by atoms with Crippen molar-refractivity contribution in [2.24, 2.45) is 5.92 Å². The summed E-state index contributed by atoms with van der Waals surface area (Å²) < 4.78 is 5.41. The van der Waals surface area contributed by atoms with E-state index in [1.807, 2.05) is 24.3 Å². The molecular weight excluding hydrogens is 468 g/mol. The van der Waals surface area contributed by atoms with Crippen LogP contribution in [0, 0.1) is 5.92 Å². The molecule has 1 saturated carbocycles. The minimum Gasteiger partial charge on any atom is -0.350 e. The van der Waals surface area contributed by atoms with Gasteiger partial charge in [0.1, 0.15) is 5.82 Å². The molecule has 186 valence electrons. The summed E-state index contributed by atoms with van der Waals surface area (Å²) in [7, 11) is 0. The maximum absolute atomic E-state index is 12.5. The monoisotopic (exact) mass is 498 g/mol. The topological polar surface area (TPSA) is 102 Å². The lowest BCUT2D eigenvalue weighted by molar-refractivity contribution is -0.198. The summed E-state index contributed by atoms with van der Waals surface area (Å²) in [6, 6.07) is 9.17. The summed E-state index contributed by atoms with van der Waals surface area (Å²) in [4.78, 5) is 34.2. The average Bonchev–Trinajstić information content (AvgIpc) is 2.89. The first-order chi connectivity index (χ1) is 17.1. The van der Waals surface area contributed by atoms with Gasteiger partial charge in [-0.05, 0) is 61.6 Å². The molecule has 0 radical (unpaired) electrons. The molecule has 1 aliphatic heterocycles. The van der Waals surface area contributed by atoms with Crippen molar-refractivity contribution >= 4 is 46.7 Å².